The van der Waals surface area contributed by atoms with Gasteiger partial charge >= 0.3 is 6.18 Å². The van der Waals surface area contributed by atoms with Crippen molar-refractivity contribution in [3.8, 4) is 0 Å². The van der Waals surface area contributed by atoms with Crippen LogP contribution in [0.1, 0.15) is 46.0 Å². The standard InChI is InChI=1S/C14H26F3NO/c1-3-8-19-10-13(18-4-2)11-6-5-7-12(9-11)14(15,16)17/h11-13,18H,3-10H2,1-2H3. The van der Waals surface area contributed by atoms with Crippen molar-refractivity contribution in [3.63, 3.8) is 0 Å². The Bertz CT molecular complexity index is 245. The van der Waals surface area contributed by atoms with Gasteiger partial charge in [-0.2, -0.15) is 13.2 Å². The number of alkyl halides is 3. The normalized spacial score (nSPS) is 26.4. The molecule has 0 aliphatic heterocycles. The minimum Gasteiger partial charge on any atom is -0.380 e. The van der Waals surface area contributed by atoms with Crippen LogP contribution in [0.15, 0.2) is 0 Å². The Kier molecular flexibility index (Phi) is 7.15. The molecule has 2 nitrogen and oxygen atoms in total. The number of nitrogens with one attached hydrogen (secondary N) is 1. The highest BCUT2D eigenvalue weighted by Crippen LogP contribution is 2.40. The SMILES string of the molecule is CCCOCC(NCC)C1CCCC(C(F)(F)F)C1. The van der Waals surface area contributed by atoms with Gasteiger partial charge in [-0.05, 0) is 38.1 Å². The van der Waals surface area contributed by atoms with Crippen molar-refractivity contribution < 1.29 is 17.9 Å². The maximum Gasteiger partial charge on any atom is 0.391 e. The number of halogens is 3. The summed E-state index contributed by atoms with van der Waals surface area (Å²) in [7, 11) is 0. The number of rotatable bonds is 7. The zero-order chi connectivity index (χ0) is 14.3. The highest BCUT2D eigenvalue weighted by molar-refractivity contribution is 4.85. The summed E-state index contributed by atoms with van der Waals surface area (Å²) < 4.78 is 44.0. The van der Waals surface area contributed by atoms with E-state index in [9.17, 15) is 13.2 Å². The third-order valence-corrected chi connectivity index (χ3v) is 3.86. The predicted molar refractivity (Wildman–Crippen MR) is 70.1 cm³/mol. The van der Waals surface area contributed by atoms with E-state index >= 15 is 0 Å². The quantitative estimate of drug-likeness (QED) is 0.717. The first-order valence-electron chi connectivity index (χ1n) is 7.36. The maximum absolute atomic E-state index is 12.8. The summed E-state index contributed by atoms with van der Waals surface area (Å²) in [6.45, 7) is 5.99. The van der Waals surface area contributed by atoms with E-state index in [0.717, 1.165) is 19.4 Å². The van der Waals surface area contributed by atoms with E-state index in [1.807, 2.05) is 13.8 Å². The molecular weight excluding hydrogens is 255 g/mol. The fourth-order valence-corrected chi connectivity index (χ4v) is 2.87. The van der Waals surface area contributed by atoms with E-state index in [-0.39, 0.29) is 24.8 Å². The van der Waals surface area contributed by atoms with Crippen molar-refractivity contribution in [2.45, 2.75) is 58.2 Å². The topological polar surface area (TPSA) is 21.3 Å². The lowest BCUT2D eigenvalue weighted by molar-refractivity contribution is -0.187. The third kappa shape index (κ3) is 5.69. The van der Waals surface area contributed by atoms with Crippen LogP contribution in [0.4, 0.5) is 13.2 Å². The Labute approximate surface area is 114 Å². The average Bonchev–Trinajstić information content (AvgIpc) is 2.37. The van der Waals surface area contributed by atoms with E-state index in [1.165, 1.54) is 0 Å². The van der Waals surface area contributed by atoms with Crippen LogP contribution in [0.25, 0.3) is 0 Å². The first-order chi connectivity index (χ1) is 8.99. The molecule has 0 heterocycles. The predicted octanol–water partition coefficient (Wildman–Crippen LogP) is 3.76. The highest BCUT2D eigenvalue weighted by atomic mass is 19.4. The minimum absolute atomic E-state index is 0.0571. The molecular formula is C14H26F3NO. The second-order valence-corrected chi connectivity index (χ2v) is 5.40. The fraction of sp³-hybridized carbons (Fsp3) is 1.00. The molecule has 0 spiro atoms. The van der Waals surface area contributed by atoms with Crippen molar-refractivity contribution in [2.75, 3.05) is 19.8 Å². The molecule has 0 aromatic rings. The summed E-state index contributed by atoms with van der Waals surface area (Å²) in [5.74, 6) is -1.05. The van der Waals surface area contributed by atoms with Gasteiger partial charge in [0.2, 0.25) is 0 Å². The Morgan fingerprint density at radius 1 is 1.26 bits per heavy atom. The van der Waals surface area contributed by atoms with Crippen LogP contribution >= 0.6 is 0 Å². The van der Waals surface area contributed by atoms with Gasteiger partial charge in [-0.3, -0.25) is 0 Å². The molecule has 1 fully saturated rings. The van der Waals surface area contributed by atoms with Gasteiger partial charge in [-0.1, -0.05) is 20.3 Å². The maximum atomic E-state index is 12.8. The van der Waals surface area contributed by atoms with Crippen molar-refractivity contribution in [1.82, 2.24) is 5.32 Å². The van der Waals surface area contributed by atoms with Crippen molar-refractivity contribution in [2.24, 2.45) is 11.8 Å². The molecule has 0 radical (unpaired) electrons. The van der Waals surface area contributed by atoms with Crippen LogP contribution < -0.4 is 5.32 Å². The molecule has 5 heteroatoms. The average molecular weight is 281 g/mol. The summed E-state index contributed by atoms with van der Waals surface area (Å²) in [5, 5.41) is 3.29. The Balaban J connectivity index is 2.52. The van der Waals surface area contributed by atoms with Crippen LogP contribution in [-0.4, -0.2) is 32.0 Å². The Morgan fingerprint density at radius 3 is 2.58 bits per heavy atom. The molecule has 0 aromatic heterocycles. The summed E-state index contributed by atoms with van der Waals surface area (Å²) in [5.41, 5.74) is 0. The zero-order valence-electron chi connectivity index (χ0n) is 11.9. The molecule has 0 saturated heterocycles. The Morgan fingerprint density at radius 2 is 2.00 bits per heavy atom. The minimum atomic E-state index is -4.04. The molecule has 19 heavy (non-hydrogen) atoms. The lowest BCUT2D eigenvalue weighted by Crippen LogP contribution is -2.43. The van der Waals surface area contributed by atoms with Crippen LogP contribution in [0, 0.1) is 11.8 Å². The summed E-state index contributed by atoms with van der Waals surface area (Å²) in [4.78, 5) is 0. The molecule has 0 amide bonds. The van der Waals surface area contributed by atoms with Crippen LogP contribution in [-0.2, 0) is 4.74 Å². The smallest absolute Gasteiger partial charge is 0.380 e. The van der Waals surface area contributed by atoms with Gasteiger partial charge in [0.15, 0.2) is 0 Å². The monoisotopic (exact) mass is 281 g/mol. The van der Waals surface area contributed by atoms with E-state index in [0.29, 0.717) is 19.6 Å². The molecule has 114 valence electrons. The lowest BCUT2D eigenvalue weighted by atomic mass is 9.77. The zero-order valence-corrected chi connectivity index (χ0v) is 11.9. The lowest BCUT2D eigenvalue weighted by Gasteiger charge is -2.35. The largest absolute Gasteiger partial charge is 0.391 e. The van der Waals surface area contributed by atoms with Gasteiger partial charge in [-0.15, -0.1) is 0 Å². The summed E-state index contributed by atoms with van der Waals surface area (Å²) in [6, 6.07) is 0.0571. The van der Waals surface area contributed by atoms with Gasteiger partial charge in [0.1, 0.15) is 0 Å². The van der Waals surface area contributed by atoms with E-state index in [2.05, 4.69) is 5.32 Å². The van der Waals surface area contributed by atoms with Gasteiger partial charge in [0.05, 0.1) is 12.5 Å². The van der Waals surface area contributed by atoms with Gasteiger partial charge in [0, 0.05) is 12.6 Å². The second-order valence-electron chi connectivity index (χ2n) is 5.40. The molecule has 1 saturated carbocycles. The number of hydrogen-bond acceptors (Lipinski definition) is 2. The summed E-state index contributed by atoms with van der Waals surface area (Å²) in [6.07, 6.45) is -1.02. The first-order valence-corrected chi connectivity index (χ1v) is 7.36. The molecule has 1 rings (SSSR count). The van der Waals surface area contributed by atoms with Gasteiger partial charge in [0.25, 0.3) is 0 Å². The van der Waals surface area contributed by atoms with Crippen molar-refractivity contribution in [3.05, 3.63) is 0 Å². The molecule has 1 N–H and O–H groups in total. The molecule has 1 aliphatic rings. The Hall–Kier alpha value is -0.290. The van der Waals surface area contributed by atoms with Gasteiger partial charge < -0.3 is 10.1 Å². The molecule has 0 bridgehead atoms. The van der Waals surface area contributed by atoms with E-state index < -0.39 is 12.1 Å². The van der Waals surface area contributed by atoms with E-state index in [1.54, 1.807) is 0 Å². The molecule has 0 aromatic carbocycles. The number of likely N-dealkylation sites (N-methyl/N-ethyl adjacent to an activating group) is 1. The van der Waals surface area contributed by atoms with Crippen LogP contribution in [0.5, 0.6) is 0 Å². The molecule has 3 atom stereocenters. The second kappa shape index (κ2) is 8.10. The van der Waals surface area contributed by atoms with Gasteiger partial charge in [-0.25, -0.2) is 0 Å². The van der Waals surface area contributed by atoms with Crippen LogP contribution in [0.2, 0.25) is 0 Å². The number of ether oxygens (including phenoxy) is 1. The molecule has 3 unspecified atom stereocenters. The van der Waals surface area contributed by atoms with Crippen LogP contribution in [0.3, 0.4) is 0 Å². The fourth-order valence-electron chi connectivity index (χ4n) is 2.87. The third-order valence-electron chi connectivity index (χ3n) is 3.86. The summed E-state index contributed by atoms with van der Waals surface area (Å²) >= 11 is 0. The first kappa shape index (κ1) is 16.8. The van der Waals surface area contributed by atoms with Crippen molar-refractivity contribution >= 4 is 0 Å². The van der Waals surface area contributed by atoms with Crippen molar-refractivity contribution in [1.29, 1.82) is 0 Å². The molecule has 1 aliphatic carbocycles. The van der Waals surface area contributed by atoms with E-state index in [4.69, 9.17) is 4.74 Å². The highest BCUT2D eigenvalue weighted by Gasteiger charge is 2.43. The number of hydrogen-bond donors (Lipinski definition) is 1.